The Hall–Kier alpha value is -0.640. The second kappa shape index (κ2) is 14.0. The third-order valence-electron chi connectivity index (χ3n) is 5.14. The van der Waals surface area contributed by atoms with Crippen LogP contribution in [0.1, 0.15) is 0 Å². The van der Waals surface area contributed by atoms with Crippen molar-refractivity contribution < 1.29 is 80.6 Å². The predicted molar refractivity (Wildman–Crippen MR) is 101 cm³/mol. The summed E-state index contributed by atoms with van der Waals surface area (Å²) in [6.45, 7) is -2.63. The van der Waals surface area contributed by atoms with E-state index in [4.69, 9.17) is 44.8 Å². The molecule has 0 aliphatic carbocycles. The highest BCUT2D eigenvalue weighted by molar-refractivity contribution is 4.93. The SMILES string of the molecule is OC[C@@H](O)C(O)[C@@H](O)CO.OC[C@H]1O[C@@H](O[C@H]2[C@H](O)[C@@H](O)C(O)O[C@@H]2CO)[C@H](O)[C@@H](O)[C@H]1O. The van der Waals surface area contributed by atoms with Gasteiger partial charge in [-0.15, -0.1) is 0 Å². The van der Waals surface area contributed by atoms with Crippen LogP contribution in [0.4, 0.5) is 0 Å². The van der Waals surface area contributed by atoms with Crippen molar-refractivity contribution in [2.45, 2.75) is 79.7 Å². The van der Waals surface area contributed by atoms with Crippen molar-refractivity contribution in [3.63, 3.8) is 0 Å². The van der Waals surface area contributed by atoms with Crippen molar-refractivity contribution in [1.82, 2.24) is 0 Å². The summed E-state index contributed by atoms with van der Waals surface area (Å²) < 4.78 is 15.3. The van der Waals surface area contributed by atoms with Crippen molar-refractivity contribution in [2.24, 2.45) is 0 Å². The maximum atomic E-state index is 9.94. The molecule has 2 saturated heterocycles. The number of aliphatic hydroxyl groups is 13. The van der Waals surface area contributed by atoms with Gasteiger partial charge in [0.25, 0.3) is 0 Å². The van der Waals surface area contributed by atoms with Crippen molar-refractivity contribution in [3.05, 3.63) is 0 Å². The van der Waals surface area contributed by atoms with Gasteiger partial charge in [0.05, 0.1) is 26.4 Å². The van der Waals surface area contributed by atoms with Crippen LogP contribution in [0.15, 0.2) is 0 Å². The molecular formula is C17H34O16. The molecule has 13 N–H and O–H groups in total. The van der Waals surface area contributed by atoms with Crippen LogP contribution in [0.25, 0.3) is 0 Å². The van der Waals surface area contributed by atoms with Crippen LogP contribution >= 0.6 is 0 Å². The van der Waals surface area contributed by atoms with E-state index in [0.29, 0.717) is 0 Å². The smallest absolute Gasteiger partial charge is 0.187 e. The van der Waals surface area contributed by atoms with Gasteiger partial charge in [0, 0.05) is 0 Å². The standard InChI is InChI=1S/C12H22O11.C5H12O5/c13-1-3-5(15)6(16)9(19)12(22-3)23-10-4(2-14)21-11(20)8(18)7(10)17;6-1-3(8)5(10)4(9)2-7/h3-20H,1-2H2;3-10H,1-2H2/t3-,4-,5+,6+,7-,8-,9-,10-,11?,12+;3-,4+,5?/m1./s1. The molecule has 0 amide bonds. The van der Waals surface area contributed by atoms with E-state index in [9.17, 15) is 35.7 Å². The van der Waals surface area contributed by atoms with E-state index in [2.05, 4.69) is 0 Å². The Morgan fingerprint density at radius 2 is 1.12 bits per heavy atom. The Morgan fingerprint density at radius 3 is 1.58 bits per heavy atom. The van der Waals surface area contributed by atoms with Crippen LogP contribution in [0.2, 0.25) is 0 Å². The van der Waals surface area contributed by atoms with Crippen molar-refractivity contribution in [3.8, 4) is 0 Å². The first kappa shape index (κ1) is 30.4. The summed E-state index contributed by atoms with van der Waals surface area (Å²) in [6.07, 6.45) is -19.9. The van der Waals surface area contributed by atoms with Crippen LogP contribution in [-0.2, 0) is 14.2 Å². The van der Waals surface area contributed by atoms with E-state index in [1.54, 1.807) is 0 Å². The lowest BCUT2D eigenvalue weighted by Gasteiger charge is -2.45. The van der Waals surface area contributed by atoms with Gasteiger partial charge in [-0.2, -0.15) is 0 Å². The predicted octanol–water partition coefficient (Wildman–Crippen LogP) is -8.34. The van der Waals surface area contributed by atoms with Gasteiger partial charge in [0.15, 0.2) is 12.6 Å². The van der Waals surface area contributed by atoms with E-state index in [-0.39, 0.29) is 0 Å². The second-order valence-electron chi connectivity index (χ2n) is 7.52. The maximum Gasteiger partial charge on any atom is 0.187 e. The zero-order chi connectivity index (χ0) is 25.5. The summed E-state index contributed by atoms with van der Waals surface area (Å²) >= 11 is 0. The van der Waals surface area contributed by atoms with Gasteiger partial charge in [-0.05, 0) is 0 Å². The van der Waals surface area contributed by atoms with Gasteiger partial charge in [-0.1, -0.05) is 0 Å². The highest BCUT2D eigenvalue weighted by Gasteiger charge is 2.50. The van der Waals surface area contributed by atoms with E-state index >= 15 is 0 Å². The minimum atomic E-state index is -1.74. The summed E-state index contributed by atoms with van der Waals surface area (Å²) in [5, 5.41) is 119. The van der Waals surface area contributed by atoms with E-state index in [1.807, 2.05) is 0 Å². The van der Waals surface area contributed by atoms with Crippen molar-refractivity contribution >= 4 is 0 Å². The zero-order valence-corrected chi connectivity index (χ0v) is 17.4. The van der Waals surface area contributed by atoms with Crippen LogP contribution < -0.4 is 0 Å². The maximum absolute atomic E-state index is 9.94. The lowest BCUT2D eigenvalue weighted by Crippen LogP contribution is -2.64. The number of aliphatic hydroxyl groups excluding tert-OH is 13. The Labute approximate surface area is 187 Å². The summed E-state index contributed by atoms with van der Waals surface area (Å²) in [5.41, 5.74) is 0. The molecular weight excluding hydrogens is 460 g/mol. The molecule has 0 bridgehead atoms. The molecule has 0 aromatic rings. The van der Waals surface area contributed by atoms with Gasteiger partial charge in [0.1, 0.15) is 67.1 Å². The van der Waals surface area contributed by atoms with Crippen LogP contribution in [0, 0.1) is 0 Å². The summed E-state index contributed by atoms with van der Waals surface area (Å²) in [7, 11) is 0. The van der Waals surface area contributed by atoms with Gasteiger partial charge >= 0.3 is 0 Å². The van der Waals surface area contributed by atoms with Crippen LogP contribution in [-0.4, -0.2) is 173 Å². The van der Waals surface area contributed by atoms with Crippen molar-refractivity contribution in [1.29, 1.82) is 0 Å². The van der Waals surface area contributed by atoms with Gasteiger partial charge in [-0.25, -0.2) is 0 Å². The monoisotopic (exact) mass is 494 g/mol. The van der Waals surface area contributed by atoms with Gasteiger partial charge < -0.3 is 80.6 Å². The molecule has 0 radical (unpaired) electrons. The lowest BCUT2D eigenvalue weighted by molar-refractivity contribution is -0.355. The number of rotatable bonds is 8. The fourth-order valence-electron chi connectivity index (χ4n) is 3.04. The van der Waals surface area contributed by atoms with E-state index in [0.717, 1.165) is 0 Å². The molecule has 0 aromatic carbocycles. The molecule has 16 nitrogen and oxygen atoms in total. The molecule has 2 aliphatic heterocycles. The first-order valence-electron chi connectivity index (χ1n) is 9.97. The molecule has 2 heterocycles. The third-order valence-corrected chi connectivity index (χ3v) is 5.14. The minimum Gasteiger partial charge on any atom is -0.394 e. The molecule has 13 atom stereocenters. The lowest BCUT2D eigenvalue weighted by atomic mass is 9.97. The minimum absolute atomic E-state index is 0.641. The molecule has 2 rings (SSSR count). The number of hydrogen-bond donors (Lipinski definition) is 13. The third kappa shape index (κ3) is 7.67. The summed E-state index contributed by atoms with van der Waals surface area (Å²) in [6, 6.07) is 0. The molecule has 0 spiro atoms. The average Bonchev–Trinajstić information content (AvgIpc) is 2.82. The number of ether oxygens (including phenoxy) is 3. The van der Waals surface area contributed by atoms with Gasteiger partial charge in [0.2, 0.25) is 0 Å². The topological polar surface area (TPSA) is 291 Å². The van der Waals surface area contributed by atoms with Gasteiger partial charge in [-0.3, -0.25) is 0 Å². The Balaban J connectivity index is 0.000000461. The van der Waals surface area contributed by atoms with E-state index < -0.39 is 106 Å². The fourth-order valence-corrected chi connectivity index (χ4v) is 3.04. The van der Waals surface area contributed by atoms with Crippen molar-refractivity contribution in [2.75, 3.05) is 26.4 Å². The molecule has 198 valence electrons. The molecule has 0 aromatic heterocycles. The zero-order valence-electron chi connectivity index (χ0n) is 17.4. The van der Waals surface area contributed by atoms with E-state index in [1.165, 1.54) is 0 Å². The Kier molecular flexibility index (Phi) is 12.9. The summed E-state index contributed by atoms with van der Waals surface area (Å²) in [5.74, 6) is 0. The number of hydrogen-bond acceptors (Lipinski definition) is 16. The molecule has 2 fully saturated rings. The largest absolute Gasteiger partial charge is 0.394 e. The Bertz CT molecular complexity index is 527. The molecule has 2 unspecified atom stereocenters. The second-order valence-corrected chi connectivity index (χ2v) is 7.52. The highest BCUT2D eigenvalue weighted by atomic mass is 16.7. The molecule has 2 aliphatic rings. The molecule has 16 heteroatoms. The first-order chi connectivity index (χ1) is 15.4. The van der Waals surface area contributed by atoms with Crippen LogP contribution in [0.5, 0.6) is 0 Å². The summed E-state index contributed by atoms with van der Waals surface area (Å²) in [4.78, 5) is 0. The quantitative estimate of drug-likeness (QED) is 0.149. The first-order valence-corrected chi connectivity index (χ1v) is 9.97. The molecule has 33 heavy (non-hydrogen) atoms. The van der Waals surface area contributed by atoms with Crippen LogP contribution in [0.3, 0.4) is 0 Å². The molecule has 0 saturated carbocycles. The average molecular weight is 494 g/mol. The fraction of sp³-hybridized carbons (Fsp3) is 1.00. The Morgan fingerprint density at radius 1 is 0.606 bits per heavy atom. The highest BCUT2D eigenvalue weighted by Crippen LogP contribution is 2.28. The normalized spacial score (nSPS) is 42.1.